The summed E-state index contributed by atoms with van der Waals surface area (Å²) in [6.07, 6.45) is 43.7. The second kappa shape index (κ2) is 38.1. The average molecular weight is 703 g/mol. The molecule has 6 heteroatoms. The largest absolute Gasteiger partial charge is 0.462 e. The molecule has 0 aromatic carbocycles. The van der Waals surface area contributed by atoms with Gasteiger partial charge in [-0.1, -0.05) is 179 Å². The number of rotatable bonds is 36. The lowest BCUT2D eigenvalue weighted by Crippen LogP contribution is -2.28. The maximum absolute atomic E-state index is 12.2. The summed E-state index contributed by atoms with van der Waals surface area (Å²) in [5, 5.41) is 19.3. The van der Waals surface area contributed by atoms with Crippen molar-refractivity contribution in [2.75, 3.05) is 13.2 Å². The van der Waals surface area contributed by atoms with Crippen molar-refractivity contribution in [3.8, 4) is 0 Å². The number of aliphatic hydroxyl groups excluding tert-OH is 2. The Bertz CT molecular complexity index is 874. The molecule has 2 N–H and O–H groups in total. The summed E-state index contributed by atoms with van der Waals surface area (Å²) < 4.78 is 10.6. The maximum atomic E-state index is 12.2. The van der Waals surface area contributed by atoms with E-state index in [1.165, 1.54) is 83.5 Å². The summed E-state index contributed by atoms with van der Waals surface area (Å²) in [5.74, 6) is 0.172. The van der Waals surface area contributed by atoms with Crippen LogP contribution in [0.15, 0.2) is 48.6 Å². The first-order valence-corrected chi connectivity index (χ1v) is 20.6. The Morgan fingerprint density at radius 2 is 1.06 bits per heavy atom. The Balaban J connectivity index is 3.66. The van der Waals surface area contributed by atoms with Crippen LogP contribution in [0, 0.1) is 5.92 Å². The van der Waals surface area contributed by atoms with Crippen LogP contribution in [-0.4, -0.2) is 47.6 Å². The molecule has 2 atom stereocenters. The van der Waals surface area contributed by atoms with Crippen molar-refractivity contribution >= 4 is 11.9 Å². The van der Waals surface area contributed by atoms with Gasteiger partial charge in [0.1, 0.15) is 6.61 Å². The van der Waals surface area contributed by atoms with E-state index in [0.717, 1.165) is 70.1 Å². The number of aliphatic hydroxyl groups is 2. The summed E-state index contributed by atoms with van der Waals surface area (Å²) in [6.45, 7) is 6.29. The van der Waals surface area contributed by atoms with Gasteiger partial charge in [-0.15, -0.1) is 0 Å². The molecule has 0 aliphatic heterocycles. The average Bonchev–Trinajstić information content (AvgIpc) is 3.10. The van der Waals surface area contributed by atoms with Crippen molar-refractivity contribution in [1.82, 2.24) is 0 Å². The molecular formula is C44H78O6. The second-order valence-electron chi connectivity index (χ2n) is 14.4. The zero-order chi connectivity index (χ0) is 36.8. The van der Waals surface area contributed by atoms with E-state index in [1.54, 1.807) is 0 Å². The van der Waals surface area contributed by atoms with Gasteiger partial charge < -0.3 is 19.7 Å². The van der Waals surface area contributed by atoms with Crippen molar-refractivity contribution in [3.63, 3.8) is 0 Å². The van der Waals surface area contributed by atoms with Gasteiger partial charge in [0.2, 0.25) is 0 Å². The van der Waals surface area contributed by atoms with Crippen LogP contribution in [0.5, 0.6) is 0 Å². The first-order chi connectivity index (χ1) is 24.4. The monoisotopic (exact) mass is 703 g/mol. The van der Waals surface area contributed by atoms with Crippen LogP contribution in [0.1, 0.15) is 188 Å². The molecule has 0 saturated carbocycles. The molecule has 0 aromatic heterocycles. The number of allylic oxidation sites excluding steroid dienone is 7. The molecule has 6 nitrogen and oxygen atoms in total. The minimum atomic E-state index is -0.803. The van der Waals surface area contributed by atoms with Crippen LogP contribution < -0.4 is 0 Å². The van der Waals surface area contributed by atoms with E-state index in [-0.39, 0.29) is 31.3 Å². The van der Waals surface area contributed by atoms with Crippen molar-refractivity contribution in [2.45, 2.75) is 200 Å². The standard InChI is InChI=1S/C44H78O6/c1-4-5-34-41(46)35-30-26-22-18-14-11-12-15-19-23-27-31-36-43(47)49-39-42(38-45)50-44(48)37-32-28-24-20-16-10-8-6-7-9-13-17-21-25-29-33-40(2)3/h11-12,18-19,22-23,30,35,40-42,45-46H,4-10,13-17,20-21,24-29,31-34,36-39H2,1-3H3/b12-11-,22-18-,23-19-,35-30-/t41-,42-/m0/s1. The van der Waals surface area contributed by atoms with Crippen LogP contribution >= 0.6 is 0 Å². The number of carbonyl (C=O) groups excluding carboxylic acids is 2. The molecule has 290 valence electrons. The lowest BCUT2D eigenvalue weighted by atomic mass is 10.0. The van der Waals surface area contributed by atoms with Crippen LogP contribution in [0.2, 0.25) is 0 Å². The molecule has 0 aliphatic rings. The third-order valence-electron chi connectivity index (χ3n) is 8.87. The number of carbonyl (C=O) groups is 2. The topological polar surface area (TPSA) is 93.1 Å². The fourth-order valence-corrected chi connectivity index (χ4v) is 5.69. The summed E-state index contributed by atoms with van der Waals surface area (Å²) in [4.78, 5) is 24.3. The number of ether oxygens (including phenoxy) is 2. The summed E-state index contributed by atoms with van der Waals surface area (Å²) in [7, 11) is 0. The van der Waals surface area contributed by atoms with Gasteiger partial charge in [0.25, 0.3) is 0 Å². The smallest absolute Gasteiger partial charge is 0.306 e. The molecule has 0 spiro atoms. The molecule has 0 aromatic rings. The first kappa shape index (κ1) is 47.8. The van der Waals surface area contributed by atoms with Gasteiger partial charge in [-0.3, -0.25) is 9.59 Å². The van der Waals surface area contributed by atoms with Crippen LogP contribution in [0.4, 0.5) is 0 Å². The minimum absolute atomic E-state index is 0.105. The van der Waals surface area contributed by atoms with E-state index in [2.05, 4.69) is 57.2 Å². The van der Waals surface area contributed by atoms with Crippen LogP contribution in [-0.2, 0) is 19.1 Å². The van der Waals surface area contributed by atoms with Gasteiger partial charge in [-0.2, -0.15) is 0 Å². The predicted octanol–water partition coefficient (Wildman–Crippen LogP) is 11.8. The molecular weight excluding hydrogens is 624 g/mol. The molecule has 50 heavy (non-hydrogen) atoms. The van der Waals surface area contributed by atoms with E-state index >= 15 is 0 Å². The van der Waals surface area contributed by atoms with Gasteiger partial charge in [-0.25, -0.2) is 0 Å². The van der Waals surface area contributed by atoms with E-state index in [1.807, 2.05) is 12.2 Å². The molecule has 0 amide bonds. The fraction of sp³-hybridized carbons (Fsp3) is 0.773. The molecule has 0 radical (unpaired) electrons. The minimum Gasteiger partial charge on any atom is -0.462 e. The van der Waals surface area contributed by atoms with E-state index < -0.39 is 6.10 Å². The molecule has 0 unspecified atom stereocenters. The summed E-state index contributed by atoms with van der Waals surface area (Å²) in [6, 6.07) is 0. The van der Waals surface area contributed by atoms with Gasteiger partial charge in [0, 0.05) is 12.8 Å². The summed E-state index contributed by atoms with van der Waals surface area (Å²) in [5.41, 5.74) is 0. The second-order valence-corrected chi connectivity index (χ2v) is 14.4. The Hall–Kier alpha value is -2.18. The highest BCUT2D eigenvalue weighted by molar-refractivity contribution is 5.70. The van der Waals surface area contributed by atoms with Crippen molar-refractivity contribution in [3.05, 3.63) is 48.6 Å². The number of unbranched alkanes of at least 4 members (excludes halogenated alkanes) is 16. The highest BCUT2D eigenvalue weighted by Gasteiger charge is 2.16. The normalized spacial score (nSPS) is 13.4. The maximum Gasteiger partial charge on any atom is 0.306 e. The van der Waals surface area contributed by atoms with Crippen LogP contribution in [0.3, 0.4) is 0 Å². The van der Waals surface area contributed by atoms with E-state index in [4.69, 9.17) is 9.47 Å². The molecule has 0 heterocycles. The quantitative estimate of drug-likeness (QED) is 0.0383. The predicted molar refractivity (Wildman–Crippen MR) is 211 cm³/mol. The number of hydrogen-bond donors (Lipinski definition) is 2. The Morgan fingerprint density at radius 1 is 0.580 bits per heavy atom. The summed E-state index contributed by atoms with van der Waals surface area (Å²) >= 11 is 0. The van der Waals surface area contributed by atoms with Crippen molar-refractivity contribution in [1.29, 1.82) is 0 Å². The highest BCUT2D eigenvalue weighted by atomic mass is 16.6. The van der Waals surface area contributed by atoms with Gasteiger partial charge in [0.15, 0.2) is 6.10 Å². The zero-order valence-electron chi connectivity index (χ0n) is 32.7. The third-order valence-corrected chi connectivity index (χ3v) is 8.87. The lowest BCUT2D eigenvalue weighted by Gasteiger charge is -2.15. The number of esters is 2. The van der Waals surface area contributed by atoms with Gasteiger partial charge in [-0.05, 0) is 50.9 Å². The molecule has 0 rings (SSSR count). The fourth-order valence-electron chi connectivity index (χ4n) is 5.69. The van der Waals surface area contributed by atoms with Gasteiger partial charge in [0.05, 0.1) is 12.7 Å². The van der Waals surface area contributed by atoms with Gasteiger partial charge >= 0.3 is 11.9 Å². The van der Waals surface area contributed by atoms with Crippen molar-refractivity contribution < 1.29 is 29.3 Å². The third kappa shape index (κ3) is 37.1. The molecule has 0 aliphatic carbocycles. The molecule has 0 fully saturated rings. The zero-order valence-corrected chi connectivity index (χ0v) is 32.7. The lowest BCUT2D eigenvalue weighted by molar-refractivity contribution is -0.161. The van der Waals surface area contributed by atoms with E-state index in [9.17, 15) is 19.8 Å². The van der Waals surface area contributed by atoms with Crippen molar-refractivity contribution in [2.24, 2.45) is 5.92 Å². The molecule has 0 saturated heterocycles. The highest BCUT2D eigenvalue weighted by Crippen LogP contribution is 2.15. The number of hydrogen-bond acceptors (Lipinski definition) is 6. The Kier molecular flexibility index (Phi) is 36.4. The first-order valence-electron chi connectivity index (χ1n) is 20.6. The SMILES string of the molecule is CCCC[C@H](O)/C=C\C/C=C\C/C=C\C/C=C\CCCC(=O)OC[C@H](CO)OC(=O)CCCCCCCCCCCCCCCCCC(C)C. The Labute approximate surface area is 308 Å². The van der Waals surface area contributed by atoms with E-state index in [0.29, 0.717) is 19.3 Å². The van der Waals surface area contributed by atoms with Crippen LogP contribution in [0.25, 0.3) is 0 Å². The Morgan fingerprint density at radius 3 is 1.58 bits per heavy atom. The molecule has 0 bridgehead atoms.